The molecule has 0 radical (unpaired) electrons. The Morgan fingerprint density at radius 2 is 1.24 bits per heavy atom. The zero-order valence-corrected chi connectivity index (χ0v) is 19.3. The number of hydrogen-bond donors (Lipinski definition) is 7. The predicted molar refractivity (Wildman–Crippen MR) is 111 cm³/mol. The molecule has 12 unspecified atom stereocenters. The van der Waals surface area contributed by atoms with Crippen LogP contribution in [0.2, 0.25) is 0 Å². The van der Waals surface area contributed by atoms with Crippen molar-refractivity contribution in [1.29, 1.82) is 0 Å². The average Bonchev–Trinajstić information content (AvgIpc) is 2.78. The van der Waals surface area contributed by atoms with Crippen LogP contribution in [0.15, 0.2) is 0 Å². The molecule has 0 aromatic carbocycles. The molecule has 0 aliphatic carbocycles. The average molecular weight is 499 g/mol. The van der Waals surface area contributed by atoms with E-state index in [4.69, 9.17) is 28.4 Å². The van der Waals surface area contributed by atoms with Gasteiger partial charge in [0.05, 0.1) is 44.2 Å². The molecule has 0 amide bonds. The molecule has 3 heterocycles. The van der Waals surface area contributed by atoms with Crippen LogP contribution in [0.25, 0.3) is 0 Å². The molecule has 3 fully saturated rings. The second-order valence-electron chi connectivity index (χ2n) is 9.18. The summed E-state index contributed by atoms with van der Waals surface area (Å²) in [4.78, 5) is 0. The van der Waals surface area contributed by atoms with Crippen molar-refractivity contribution in [3.05, 3.63) is 0 Å². The second kappa shape index (κ2) is 12.6. The van der Waals surface area contributed by atoms with E-state index in [2.05, 4.69) is 0 Å². The van der Waals surface area contributed by atoms with Gasteiger partial charge in [0.15, 0.2) is 18.9 Å². The molecular formula is C21H38O13. The molecule has 3 saturated heterocycles. The normalized spacial score (nSPS) is 46.1. The van der Waals surface area contributed by atoms with Gasteiger partial charge in [-0.3, -0.25) is 0 Å². The second-order valence-corrected chi connectivity index (χ2v) is 9.18. The van der Waals surface area contributed by atoms with Crippen LogP contribution in [0.5, 0.6) is 0 Å². The lowest BCUT2D eigenvalue weighted by atomic mass is 9.99. The minimum atomic E-state index is -1.25. The van der Waals surface area contributed by atoms with Gasteiger partial charge in [0.2, 0.25) is 0 Å². The molecule has 3 rings (SSSR count). The fraction of sp³-hybridized carbons (Fsp3) is 1.00. The monoisotopic (exact) mass is 498 g/mol. The Balaban J connectivity index is 1.62. The van der Waals surface area contributed by atoms with Gasteiger partial charge >= 0.3 is 0 Å². The largest absolute Gasteiger partial charge is 0.394 e. The van der Waals surface area contributed by atoms with Gasteiger partial charge in [-0.15, -0.1) is 0 Å². The lowest BCUT2D eigenvalue weighted by Crippen LogP contribution is -2.56. The highest BCUT2D eigenvalue weighted by molar-refractivity contribution is 4.88. The topological polar surface area (TPSA) is 197 Å². The first-order valence-electron chi connectivity index (χ1n) is 11.6. The zero-order chi connectivity index (χ0) is 25.0. The molecule has 0 aromatic heterocycles. The maximum atomic E-state index is 10.9. The first-order chi connectivity index (χ1) is 16.1. The Hall–Kier alpha value is -0.520. The number of hydrogen-bond acceptors (Lipinski definition) is 13. The lowest BCUT2D eigenvalue weighted by molar-refractivity contribution is -0.326. The Morgan fingerprint density at radius 1 is 0.706 bits per heavy atom. The van der Waals surface area contributed by atoms with Gasteiger partial charge in [-0.1, -0.05) is 0 Å². The molecule has 34 heavy (non-hydrogen) atoms. The quantitative estimate of drug-likeness (QED) is 0.169. The van der Waals surface area contributed by atoms with Crippen LogP contribution < -0.4 is 0 Å². The summed E-state index contributed by atoms with van der Waals surface area (Å²) in [6.07, 6.45) is -12.6. The van der Waals surface area contributed by atoms with E-state index >= 15 is 0 Å². The number of ether oxygens (including phenoxy) is 6. The van der Waals surface area contributed by atoms with E-state index in [-0.39, 0.29) is 32.0 Å². The third-order valence-electron chi connectivity index (χ3n) is 6.14. The van der Waals surface area contributed by atoms with Gasteiger partial charge in [0.1, 0.15) is 36.6 Å². The van der Waals surface area contributed by atoms with Gasteiger partial charge in [-0.2, -0.15) is 0 Å². The van der Waals surface area contributed by atoms with Crippen LogP contribution in [-0.4, -0.2) is 135 Å². The molecule has 0 aromatic rings. The Labute approximate surface area is 197 Å². The van der Waals surface area contributed by atoms with Gasteiger partial charge in [0.25, 0.3) is 0 Å². The molecule has 0 spiro atoms. The van der Waals surface area contributed by atoms with E-state index in [0.29, 0.717) is 0 Å². The van der Waals surface area contributed by atoms with E-state index in [9.17, 15) is 35.7 Å². The summed E-state index contributed by atoms with van der Waals surface area (Å²) in [6, 6.07) is 0. The van der Waals surface area contributed by atoms with Crippen molar-refractivity contribution in [2.24, 2.45) is 0 Å². The number of aliphatic hydroxyl groups excluding tert-OH is 7. The van der Waals surface area contributed by atoms with Gasteiger partial charge < -0.3 is 64.2 Å². The van der Waals surface area contributed by atoms with Gasteiger partial charge in [0, 0.05) is 19.3 Å². The molecule has 12 atom stereocenters. The summed E-state index contributed by atoms with van der Waals surface area (Å²) in [5.74, 6) is 0. The summed E-state index contributed by atoms with van der Waals surface area (Å²) in [6.45, 7) is 2.46. The molecule has 0 saturated carbocycles. The molecular weight excluding hydrogens is 460 g/mol. The van der Waals surface area contributed by atoms with Crippen LogP contribution in [0, 0.1) is 0 Å². The van der Waals surface area contributed by atoms with E-state index in [0.717, 1.165) is 0 Å². The molecule has 13 nitrogen and oxygen atoms in total. The van der Waals surface area contributed by atoms with Crippen LogP contribution in [0.4, 0.5) is 0 Å². The molecule has 7 N–H and O–H groups in total. The third kappa shape index (κ3) is 7.03. The summed E-state index contributed by atoms with van der Waals surface area (Å²) in [5, 5.41) is 69.4. The van der Waals surface area contributed by atoms with Crippen molar-refractivity contribution < 1.29 is 64.2 Å². The Morgan fingerprint density at radius 3 is 1.79 bits per heavy atom. The minimum absolute atomic E-state index is 0.0367. The summed E-state index contributed by atoms with van der Waals surface area (Å²) in [7, 11) is 0. The number of aliphatic hydroxyl groups is 7. The van der Waals surface area contributed by atoms with E-state index in [1.807, 2.05) is 13.8 Å². The van der Waals surface area contributed by atoms with Crippen molar-refractivity contribution in [1.82, 2.24) is 0 Å². The van der Waals surface area contributed by atoms with Crippen molar-refractivity contribution in [2.45, 2.75) is 113 Å². The standard InChI is InChI=1S/C21H38O13/c1-9(2)30-18-5-12(31-17-4-11(25)20(27)14(7-23)33-17)21(28)15(34-18)8-29-16-3-10(24)19(26)13(6-22)32-16/h9-28H,3-8H2,1-2H3. The lowest BCUT2D eigenvalue weighted by Gasteiger charge is -2.43. The van der Waals surface area contributed by atoms with E-state index in [1.54, 1.807) is 0 Å². The SMILES string of the molecule is CC(C)OC1CC(OC2CC(O)C(O)C(CO)O2)C(O)C(COC2CC(O)C(O)C(CO)O2)O1. The molecule has 3 aliphatic heterocycles. The summed E-state index contributed by atoms with van der Waals surface area (Å²) < 4.78 is 34.1. The Kier molecular flexibility index (Phi) is 10.4. The molecule has 3 aliphatic rings. The highest BCUT2D eigenvalue weighted by Gasteiger charge is 2.44. The van der Waals surface area contributed by atoms with Gasteiger partial charge in [-0.25, -0.2) is 0 Å². The predicted octanol–water partition coefficient (Wildman–Crippen LogP) is -3.05. The fourth-order valence-corrected chi connectivity index (χ4v) is 4.29. The van der Waals surface area contributed by atoms with Gasteiger partial charge in [-0.05, 0) is 13.8 Å². The van der Waals surface area contributed by atoms with Crippen LogP contribution in [0.3, 0.4) is 0 Å². The Bertz CT molecular complexity index is 609. The molecule has 0 bridgehead atoms. The first-order valence-corrected chi connectivity index (χ1v) is 11.6. The van der Waals surface area contributed by atoms with E-state index < -0.39 is 87.0 Å². The summed E-state index contributed by atoms with van der Waals surface area (Å²) >= 11 is 0. The van der Waals surface area contributed by atoms with Crippen LogP contribution in [0.1, 0.15) is 33.1 Å². The zero-order valence-electron chi connectivity index (χ0n) is 19.3. The van der Waals surface area contributed by atoms with E-state index in [1.165, 1.54) is 0 Å². The van der Waals surface area contributed by atoms with Crippen LogP contribution in [-0.2, 0) is 28.4 Å². The van der Waals surface area contributed by atoms with Crippen molar-refractivity contribution in [2.75, 3.05) is 19.8 Å². The fourth-order valence-electron chi connectivity index (χ4n) is 4.29. The van der Waals surface area contributed by atoms with Crippen molar-refractivity contribution in [3.63, 3.8) is 0 Å². The smallest absolute Gasteiger partial charge is 0.161 e. The molecule has 200 valence electrons. The van der Waals surface area contributed by atoms with Crippen molar-refractivity contribution in [3.8, 4) is 0 Å². The van der Waals surface area contributed by atoms with Crippen molar-refractivity contribution >= 4 is 0 Å². The maximum Gasteiger partial charge on any atom is 0.161 e. The third-order valence-corrected chi connectivity index (χ3v) is 6.14. The number of rotatable bonds is 9. The minimum Gasteiger partial charge on any atom is -0.394 e. The summed E-state index contributed by atoms with van der Waals surface area (Å²) in [5.41, 5.74) is 0. The first kappa shape index (κ1) is 28.1. The molecule has 13 heteroatoms. The highest BCUT2D eigenvalue weighted by atomic mass is 16.7. The van der Waals surface area contributed by atoms with Crippen LogP contribution >= 0.6 is 0 Å². The maximum absolute atomic E-state index is 10.9. The highest BCUT2D eigenvalue weighted by Crippen LogP contribution is 2.30.